The summed E-state index contributed by atoms with van der Waals surface area (Å²) in [7, 11) is 3.19. The maximum Gasteiger partial charge on any atom is 0.255 e. The van der Waals surface area contributed by atoms with Crippen LogP contribution in [0.1, 0.15) is 46.4 Å². The molecular formula is C28H30N2O5. The first kappa shape index (κ1) is 24.1. The highest BCUT2D eigenvalue weighted by Crippen LogP contribution is 2.37. The van der Waals surface area contributed by atoms with Gasteiger partial charge in [0.1, 0.15) is 5.75 Å². The van der Waals surface area contributed by atoms with Crippen molar-refractivity contribution in [3.8, 4) is 17.2 Å². The minimum absolute atomic E-state index is 0.0842. The summed E-state index contributed by atoms with van der Waals surface area (Å²) in [6.45, 7) is 3.22. The van der Waals surface area contributed by atoms with E-state index in [1.54, 1.807) is 19.1 Å². The van der Waals surface area contributed by atoms with Crippen LogP contribution in [-0.4, -0.2) is 37.5 Å². The van der Waals surface area contributed by atoms with Crippen molar-refractivity contribution in [2.75, 3.05) is 20.8 Å². The lowest BCUT2D eigenvalue weighted by Crippen LogP contribution is -2.34. The van der Waals surface area contributed by atoms with Crippen molar-refractivity contribution in [3.63, 3.8) is 0 Å². The first-order valence-corrected chi connectivity index (χ1v) is 11.6. The third kappa shape index (κ3) is 5.40. The summed E-state index contributed by atoms with van der Waals surface area (Å²) >= 11 is 0. The van der Waals surface area contributed by atoms with E-state index in [0.29, 0.717) is 36.8 Å². The molecule has 0 radical (unpaired) electrons. The van der Waals surface area contributed by atoms with Gasteiger partial charge in [0, 0.05) is 18.7 Å². The van der Waals surface area contributed by atoms with E-state index in [4.69, 9.17) is 14.2 Å². The van der Waals surface area contributed by atoms with Crippen molar-refractivity contribution in [2.45, 2.75) is 32.5 Å². The van der Waals surface area contributed by atoms with Gasteiger partial charge in [-0.3, -0.25) is 9.59 Å². The molecule has 0 saturated heterocycles. The summed E-state index contributed by atoms with van der Waals surface area (Å²) in [5.41, 5.74) is 3.37. The molecular weight excluding hydrogens is 444 g/mol. The summed E-state index contributed by atoms with van der Waals surface area (Å²) in [4.78, 5) is 28.1. The predicted molar refractivity (Wildman–Crippen MR) is 133 cm³/mol. The van der Waals surface area contributed by atoms with Crippen LogP contribution >= 0.6 is 0 Å². The smallest absolute Gasteiger partial charge is 0.255 e. The summed E-state index contributed by atoms with van der Waals surface area (Å²) in [6, 6.07) is 20.2. The third-order valence-corrected chi connectivity index (χ3v) is 6.10. The van der Waals surface area contributed by atoms with E-state index in [0.717, 1.165) is 22.4 Å². The zero-order valence-corrected chi connectivity index (χ0v) is 20.2. The van der Waals surface area contributed by atoms with E-state index < -0.39 is 6.04 Å². The second-order valence-corrected chi connectivity index (χ2v) is 8.28. The van der Waals surface area contributed by atoms with Crippen molar-refractivity contribution in [3.05, 3.63) is 89.0 Å². The number of carbonyl (C=O) groups excluding carboxylic acids is 2. The van der Waals surface area contributed by atoms with Gasteiger partial charge < -0.3 is 24.4 Å². The molecule has 2 amide bonds. The number of rotatable bonds is 10. The van der Waals surface area contributed by atoms with E-state index in [9.17, 15) is 9.59 Å². The van der Waals surface area contributed by atoms with E-state index in [2.05, 4.69) is 5.32 Å². The van der Waals surface area contributed by atoms with E-state index in [1.807, 2.05) is 73.7 Å². The Balaban J connectivity index is 1.58. The molecule has 1 heterocycles. The standard InChI is InChI=1S/C28H30N2O5/c1-4-35-25-13-12-20(15-26(25)34-3)24(30-18-21-9-5-6-11-23(21)28(30)32)16-27(31)29-17-19-8-7-10-22(14-19)33-2/h5-15,24H,4,16-18H2,1-3H3,(H,29,31)/t24-/m1/s1. The molecule has 0 aromatic heterocycles. The molecule has 35 heavy (non-hydrogen) atoms. The number of carbonyl (C=O) groups is 2. The van der Waals surface area contributed by atoms with Crippen LogP contribution < -0.4 is 19.5 Å². The molecule has 7 heteroatoms. The highest BCUT2D eigenvalue weighted by Gasteiger charge is 2.34. The molecule has 0 aliphatic carbocycles. The quantitative estimate of drug-likeness (QED) is 0.468. The van der Waals surface area contributed by atoms with Crippen molar-refractivity contribution >= 4 is 11.8 Å². The highest BCUT2D eigenvalue weighted by atomic mass is 16.5. The van der Waals surface area contributed by atoms with Crippen molar-refractivity contribution in [2.24, 2.45) is 0 Å². The van der Waals surface area contributed by atoms with Crippen molar-refractivity contribution in [1.29, 1.82) is 0 Å². The molecule has 182 valence electrons. The number of nitrogens with zero attached hydrogens (tertiary/aromatic N) is 1. The Kier molecular flexibility index (Phi) is 7.55. The van der Waals surface area contributed by atoms with E-state index >= 15 is 0 Å². The van der Waals surface area contributed by atoms with Crippen LogP contribution in [0.5, 0.6) is 17.2 Å². The second kappa shape index (κ2) is 11.0. The van der Waals surface area contributed by atoms with Gasteiger partial charge in [0.05, 0.1) is 33.3 Å². The third-order valence-electron chi connectivity index (χ3n) is 6.10. The van der Waals surface area contributed by atoms with Crippen LogP contribution in [0.4, 0.5) is 0 Å². The molecule has 7 nitrogen and oxygen atoms in total. The summed E-state index contributed by atoms with van der Waals surface area (Å²) in [5.74, 6) is 1.68. The Morgan fingerprint density at radius 2 is 1.83 bits per heavy atom. The van der Waals surface area contributed by atoms with Gasteiger partial charge in [-0.05, 0) is 53.9 Å². The summed E-state index contributed by atoms with van der Waals surface area (Å²) in [6.07, 6.45) is 0.112. The van der Waals surface area contributed by atoms with Crippen LogP contribution in [0.25, 0.3) is 0 Å². The van der Waals surface area contributed by atoms with Gasteiger partial charge in [0.25, 0.3) is 5.91 Å². The Morgan fingerprint density at radius 1 is 1.00 bits per heavy atom. The minimum atomic E-state index is -0.468. The number of methoxy groups -OCH3 is 2. The molecule has 0 bridgehead atoms. The number of amides is 2. The molecule has 1 aliphatic heterocycles. The van der Waals surface area contributed by atoms with Gasteiger partial charge in [-0.25, -0.2) is 0 Å². The van der Waals surface area contributed by atoms with E-state index in [-0.39, 0.29) is 18.2 Å². The molecule has 3 aromatic carbocycles. The molecule has 0 unspecified atom stereocenters. The lowest BCUT2D eigenvalue weighted by atomic mass is 10.0. The van der Waals surface area contributed by atoms with Gasteiger partial charge in [0.15, 0.2) is 11.5 Å². The van der Waals surface area contributed by atoms with Crippen LogP contribution in [0, 0.1) is 0 Å². The number of nitrogens with one attached hydrogen (secondary N) is 1. The van der Waals surface area contributed by atoms with Gasteiger partial charge in [-0.15, -0.1) is 0 Å². The number of fused-ring (bicyclic) bond motifs is 1. The van der Waals surface area contributed by atoms with Crippen LogP contribution in [0.2, 0.25) is 0 Å². The molecule has 1 aliphatic rings. The van der Waals surface area contributed by atoms with Crippen LogP contribution in [0.15, 0.2) is 66.7 Å². The maximum atomic E-state index is 13.3. The summed E-state index contributed by atoms with van der Waals surface area (Å²) < 4.78 is 16.4. The molecule has 3 aromatic rings. The second-order valence-electron chi connectivity index (χ2n) is 8.28. The molecule has 1 N–H and O–H groups in total. The topological polar surface area (TPSA) is 77.1 Å². The fourth-order valence-electron chi connectivity index (χ4n) is 4.33. The zero-order valence-electron chi connectivity index (χ0n) is 20.2. The first-order chi connectivity index (χ1) is 17.0. The lowest BCUT2D eigenvalue weighted by Gasteiger charge is -2.28. The largest absolute Gasteiger partial charge is 0.497 e. The van der Waals surface area contributed by atoms with Gasteiger partial charge in [0.2, 0.25) is 5.91 Å². The number of benzene rings is 3. The Bertz CT molecular complexity index is 1210. The van der Waals surface area contributed by atoms with Gasteiger partial charge in [-0.1, -0.05) is 36.4 Å². The SMILES string of the molecule is CCOc1ccc([C@@H](CC(=O)NCc2cccc(OC)c2)N2Cc3ccccc3C2=O)cc1OC. The normalized spacial score (nSPS) is 13.2. The molecule has 0 fully saturated rings. The first-order valence-electron chi connectivity index (χ1n) is 11.6. The number of hydrogen-bond donors (Lipinski definition) is 1. The fourth-order valence-corrected chi connectivity index (χ4v) is 4.33. The van der Waals surface area contributed by atoms with Crippen LogP contribution in [0.3, 0.4) is 0 Å². The average Bonchev–Trinajstić information content (AvgIpc) is 3.22. The molecule has 4 rings (SSSR count). The molecule has 1 atom stereocenters. The monoisotopic (exact) mass is 474 g/mol. The molecule has 0 saturated carbocycles. The van der Waals surface area contributed by atoms with Crippen LogP contribution in [-0.2, 0) is 17.9 Å². The average molecular weight is 475 g/mol. The predicted octanol–water partition coefficient (Wildman–Crippen LogP) is 4.51. The zero-order chi connectivity index (χ0) is 24.8. The number of hydrogen-bond acceptors (Lipinski definition) is 5. The maximum absolute atomic E-state index is 13.3. The Morgan fingerprint density at radius 3 is 2.57 bits per heavy atom. The fraction of sp³-hybridized carbons (Fsp3) is 0.286. The van der Waals surface area contributed by atoms with Gasteiger partial charge in [-0.2, -0.15) is 0 Å². The molecule has 0 spiro atoms. The Hall–Kier alpha value is -4.00. The highest BCUT2D eigenvalue weighted by molar-refractivity contribution is 5.98. The van der Waals surface area contributed by atoms with Gasteiger partial charge >= 0.3 is 0 Å². The number of ether oxygens (including phenoxy) is 3. The minimum Gasteiger partial charge on any atom is -0.497 e. The lowest BCUT2D eigenvalue weighted by molar-refractivity contribution is -0.122. The summed E-state index contributed by atoms with van der Waals surface area (Å²) in [5, 5.41) is 2.98. The van der Waals surface area contributed by atoms with E-state index in [1.165, 1.54) is 0 Å². The van der Waals surface area contributed by atoms with Crippen molar-refractivity contribution < 1.29 is 23.8 Å². The Labute approximate surface area is 205 Å². The van der Waals surface area contributed by atoms with Crippen molar-refractivity contribution in [1.82, 2.24) is 10.2 Å².